The zero-order valence-corrected chi connectivity index (χ0v) is 11.0. The Kier molecular flexibility index (Phi) is 3.39. The Morgan fingerprint density at radius 3 is 2.52 bits per heavy atom. The Hall–Kier alpha value is -3.08. The topological polar surface area (TPSA) is 75.4 Å². The lowest BCUT2D eigenvalue weighted by Crippen LogP contribution is -2.12. The highest BCUT2D eigenvalue weighted by Gasteiger charge is 2.15. The van der Waals surface area contributed by atoms with Crippen molar-refractivity contribution in [2.45, 2.75) is 0 Å². The monoisotopic (exact) mass is 280 g/mol. The van der Waals surface area contributed by atoms with E-state index in [1.54, 1.807) is 30.3 Å². The molecule has 0 aliphatic heterocycles. The van der Waals surface area contributed by atoms with E-state index in [0.717, 1.165) is 0 Å². The average Bonchev–Trinajstić information content (AvgIpc) is 2.98. The lowest BCUT2D eigenvalue weighted by Gasteiger charge is -2.01. The molecule has 3 rings (SSSR count). The quantitative estimate of drug-likeness (QED) is 0.771. The molecule has 1 heterocycles. The Labute approximate surface area is 120 Å². The smallest absolute Gasteiger partial charge is 0.277 e. The standard InChI is InChI=1S/C16H12N2O3/c19-14-9-5-4-8-12(14)16-18-13(10-21-16)15(20)17-11-6-2-1-3-7-11/h1-10,19H,(H,17,20). The van der Waals surface area contributed by atoms with Crippen LogP contribution in [0.3, 0.4) is 0 Å². The van der Waals surface area contributed by atoms with E-state index in [2.05, 4.69) is 10.3 Å². The highest BCUT2D eigenvalue weighted by Crippen LogP contribution is 2.27. The third-order valence-electron chi connectivity index (χ3n) is 2.90. The van der Waals surface area contributed by atoms with E-state index in [0.29, 0.717) is 11.3 Å². The van der Waals surface area contributed by atoms with E-state index < -0.39 is 0 Å². The number of aromatic hydroxyl groups is 1. The molecule has 0 atom stereocenters. The first-order valence-corrected chi connectivity index (χ1v) is 6.34. The maximum Gasteiger partial charge on any atom is 0.277 e. The second kappa shape index (κ2) is 5.50. The van der Waals surface area contributed by atoms with Gasteiger partial charge in [-0.15, -0.1) is 0 Å². The van der Waals surface area contributed by atoms with Crippen molar-refractivity contribution >= 4 is 11.6 Å². The van der Waals surface area contributed by atoms with Crippen LogP contribution in [0.2, 0.25) is 0 Å². The van der Waals surface area contributed by atoms with Gasteiger partial charge in [0.15, 0.2) is 5.69 Å². The molecule has 0 fully saturated rings. The number of hydrogen-bond donors (Lipinski definition) is 2. The molecule has 21 heavy (non-hydrogen) atoms. The normalized spacial score (nSPS) is 10.3. The minimum atomic E-state index is -0.369. The van der Waals surface area contributed by atoms with Crippen LogP contribution in [-0.4, -0.2) is 16.0 Å². The molecule has 0 spiro atoms. The molecule has 0 saturated heterocycles. The third-order valence-corrected chi connectivity index (χ3v) is 2.90. The van der Waals surface area contributed by atoms with Crippen molar-refractivity contribution in [3.63, 3.8) is 0 Å². The van der Waals surface area contributed by atoms with Gasteiger partial charge in [0.05, 0.1) is 5.56 Å². The minimum Gasteiger partial charge on any atom is -0.507 e. The van der Waals surface area contributed by atoms with Crippen LogP contribution in [0.5, 0.6) is 5.75 Å². The molecule has 2 N–H and O–H groups in total. The Balaban J connectivity index is 1.82. The summed E-state index contributed by atoms with van der Waals surface area (Å²) in [5, 5.41) is 12.5. The summed E-state index contributed by atoms with van der Waals surface area (Å²) >= 11 is 0. The number of phenolic OH excluding ortho intramolecular Hbond substituents is 1. The predicted molar refractivity (Wildman–Crippen MR) is 78.0 cm³/mol. The molecule has 0 saturated carbocycles. The van der Waals surface area contributed by atoms with Crippen LogP contribution in [0.1, 0.15) is 10.5 Å². The van der Waals surface area contributed by atoms with E-state index >= 15 is 0 Å². The van der Waals surface area contributed by atoms with Crippen LogP contribution < -0.4 is 5.32 Å². The van der Waals surface area contributed by atoms with Gasteiger partial charge in [-0.2, -0.15) is 0 Å². The summed E-state index contributed by atoms with van der Waals surface area (Å²) in [5.41, 5.74) is 1.27. The number of carbonyl (C=O) groups excluding carboxylic acids is 1. The summed E-state index contributed by atoms with van der Waals surface area (Å²) in [6.45, 7) is 0. The lowest BCUT2D eigenvalue weighted by molar-refractivity contribution is 0.102. The molecule has 5 heteroatoms. The van der Waals surface area contributed by atoms with Gasteiger partial charge in [-0.05, 0) is 24.3 Å². The van der Waals surface area contributed by atoms with Crippen LogP contribution in [0, 0.1) is 0 Å². The fourth-order valence-corrected chi connectivity index (χ4v) is 1.87. The Bertz CT molecular complexity index is 766. The maximum absolute atomic E-state index is 12.0. The van der Waals surface area contributed by atoms with Crippen LogP contribution >= 0.6 is 0 Å². The van der Waals surface area contributed by atoms with Gasteiger partial charge in [-0.3, -0.25) is 4.79 Å². The maximum atomic E-state index is 12.0. The first-order valence-electron chi connectivity index (χ1n) is 6.34. The summed E-state index contributed by atoms with van der Waals surface area (Å²) in [6.07, 6.45) is 1.26. The van der Waals surface area contributed by atoms with Crippen LogP contribution in [0.4, 0.5) is 5.69 Å². The van der Waals surface area contributed by atoms with Crippen molar-refractivity contribution in [1.82, 2.24) is 4.98 Å². The van der Waals surface area contributed by atoms with Crippen LogP contribution in [0.15, 0.2) is 65.3 Å². The van der Waals surface area contributed by atoms with E-state index in [4.69, 9.17) is 4.42 Å². The second-order valence-electron chi connectivity index (χ2n) is 4.38. The van der Waals surface area contributed by atoms with Gasteiger partial charge in [-0.1, -0.05) is 30.3 Å². The fraction of sp³-hybridized carbons (Fsp3) is 0. The molecule has 1 amide bonds. The second-order valence-corrected chi connectivity index (χ2v) is 4.38. The van der Waals surface area contributed by atoms with Crippen LogP contribution in [0.25, 0.3) is 11.5 Å². The molecule has 0 aliphatic rings. The van der Waals surface area contributed by atoms with Gasteiger partial charge in [0, 0.05) is 5.69 Å². The number of aromatic nitrogens is 1. The largest absolute Gasteiger partial charge is 0.507 e. The number of benzene rings is 2. The summed E-state index contributed by atoms with van der Waals surface area (Å²) in [4.78, 5) is 16.1. The molecule has 1 aromatic heterocycles. The first-order chi connectivity index (χ1) is 10.2. The summed E-state index contributed by atoms with van der Waals surface area (Å²) < 4.78 is 5.26. The number of anilines is 1. The summed E-state index contributed by atoms with van der Waals surface area (Å²) in [6, 6.07) is 15.7. The van der Waals surface area contributed by atoms with Gasteiger partial charge in [0.25, 0.3) is 5.91 Å². The SMILES string of the molecule is O=C(Nc1ccccc1)c1coc(-c2ccccc2O)n1. The van der Waals surface area contributed by atoms with Crippen molar-refractivity contribution in [1.29, 1.82) is 0 Å². The molecular formula is C16H12N2O3. The number of nitrogens with one attached hydrogen (secondary N) is 1. The molecule has 3 aromatic rings. The summed E-state index contributed by atoms with van der Waals surface area (Å²) in [5.74, 6) is -0.118. The highest BCUT2D eigenvalue weighted by molar-refractivity contribution is 6.02. The average molecular weight is 280 g/mol. The molecular weight excluding hydrogens is 268 g/mol. The van der Waals surface area contributed by atoms with Gasteiger partial charge in [0.2, 0.25) is 5.89 Å². The van der Waals surface area contributed by atoms with E-state index in [-0.39, 0.29) is 23.2 Å². The molecule has 0 unspecified atom stereocenters. The first kappa shape index (κ1) is 12.9. The number of amides is 1. The number of nitrogens with zero attached hydrogens (tertiary/aromatic N) is 1. The number of para-hydroxylation sites is 2. The van der Waals surface area contributed by atoms with Crippen molar-refractivity contribution in [3.8, 4) is 17.2 Å². The lowest BCUT2D eigenvalue weighted by atomic mass is 10.2. The number of carbonyl (C=O) groups is 1. The Morgan fingerprint density at radius 2 is 1.76 bits per heavy atom. The van der Waals surface area contributed by atoms with Gasteiger partial charge in [0.1, 0.15) is 12.0 Å². The zero-order chi connectivity index (χ0) is 14.7. The number of hydrogen-bond acceptors (Lipinski definition) is 4. The molecule has 2 aromatic carbocycles. The van der Waals surface area contributed by atoms with Gasteiger partial charge < -0.3 is 14.8 Å². The van der Waals surface area contributed by atoms with Crippen molar-refractivity contribution in [2.24, 2.45) is 0 Å². The third kappa shape index (κ3) is 2.76. The number of oxazole rings is 1. The Morgan fingerprint density at radius 1 is 1.05 bits per heavy atom. The number of rotatable bonds is 3. The van der Waals surface area contributed by atoms with Gasteiger partial charge in [-0.25, -0.2) is 4.98 Å². The predicted octanol–water partition coefficient (Wildman–Crippen LogP) is 3.30. The van der Waals surface area contributed by atoms with Crippen LogP contribution in [-0.2, 0) is 0 Å². The van der Waals surface area contributed by atoms with Crippen molar-refractivity contribution < 1.29 is 14.3 Å². The van der Waals surface area contributed by atoms with Crippen molar-refractivity contribution in [2.75, 3.05) is 5.32 Å². The van der Waals surface area contributed by atoms with Crippen molar-refractivity contribution in [3.05, 3.63) is 66.6 Å². The summed E-state index contributed by atoms with van der Waals surface area (Å²) in [7, 11) is 0. The van der Waals surface area contributed by atoms with Gasteiger partial charge >= 0.3 is 0 Å². The fourth-order valence-electron chi connectivity index (χ4n) is 1.87. The zero-order valence-electron chi connectivity index (χ0n) is 11.0. The number of phenols is 1. The highest BCUT2D eigenvalue weighted by atomic mass is 16.3. The molecule has 0 bridgehead atoms. The van der Waals surface area contributed by atoms with E-state index in [9.17, 15) is 9.90 Å². The van der Waals surface area contributed by atoms with E-state index in [1.165, 1.54) is 12.3 Å². The minimum absolute atomic E-state index is 0.0503. The molecule has 0 aliphatic carbocycles. The molecule has 0 radical (unpaired) electrons. The molecule has 5 nitrogen and oxygen atoms in total. The van der Waals surface area contributed by atoms with E-state index in [1.807, 2.05) is 18.2 Å². The molecule has 104 valence electrons.